The van der Waals surface area contributed by atoms with Crippen molar-refractivity contribution in [3.8, 4) is 22.5 Å². The molecule has 0 aliphatic carbocycles. The lowest BCUT2D eigenvalue weighted by Gasteiger charge is -2.18. The van der Waals surface area contributed by atoms with Crippen LogP contribution in [0.1, 0.15) is 5.56 Å². The van der Waals surface area contributed by atoms with Crippen molar-refractivity contribution in [3.05, 3.63) is 54.1 Å². The third-order valence-electron chi connectivity index (χ3n) is 3.83. The zero-order valence-corrected chi connectivity index (χ0v) is 12.7. The molecule has 0 unspecified atom stereocenters. The second-order valence-electron chi connectivity index (χ2n) is 5.39. The molecule has 22 heavy (non-hydrogen) atoms. The average Bonchev–Trinajstić information content (AvgIpc) is 2.91. The van der Waals surface area contributed by atoms with Gasteiger partial charge in [-0.05, 0) is 13.0 Å². The minimum atomic E-state index is -3.37. The molecule has 0 amide bonds. The topological polar surface area (TPSA) is 64.8 Å². The van der Waals surface area contributed by atoms with Crippen molar-refractivity contribution >= 4 is 9.84 Å². The Labute approximate surface area is 128 Å². The molecule has 2 heterocycles. The molecule has 1 aliphatic heterocycles. The van der Waals surface area contributed by atoms with E-state index in [-0.39, 0.29) is 5.88 Å². The largest absolute Gasteiger partial charge is 0.228 e. The van der Waals surface area contributed by atoms with Gasteiger partial charge in [-0.25, -0.2) is 13.1 Å². The van der Waals surface area contributed by atoms with E-state index in [2.05, 4.69) is 10.3 Å². The summed E-state index contributed by atoms with van der Waals surface area (Å²) in [4.78, 5) is 0.346. The number of sulfone groups is 1. The molecule has 0 saturated carbocycles. The number of aryl methyl sites for hydroxylation is 1. The van der Waals surface area contributed by atoms with Crippen LogP contribution in [0.15, 0.2) is 53.4 Å². The molecule has 0 atom stereocenters. The van der Waals surface area contributed by atoms with Gasteiger partial charge in [-0.15, -0.1) is 5.10 Å². The Bertz CT molecular complexity index is 973. The Morgan fingerprint density at radius 3 is 2.55 bits per heavy atom. The first-order valence-corrected chi connectivity index (χ1v) is 8.54. The number of nitrogens with zero attached hydrogens (tertiary/aromatic N) is 3. The lowest BCUT2D eigenvalue weighted by molar-refractivity contribution is 0.568. The number of aromatic nitrogens is 3. The van der Waals surface area contributed by atoms with Crippen LogP contribution < -0.4 is 0 Å². The molecule has 110 valence electrons. The van der Waals surface area contributed by atoms with E-state index in [1.165, 1.54) is 4.68 Å². The van der Waals surface area contributed by atoms with Crippen molar-refractivity contribution in [1.82, 2.24) is 15.0 Å². The molecular weight excluding hydrogens is 298 g/mol. The highest BCUT2D eigenvalue weighted by Crippen LogP contribution is 2.38. The van der Waals surface area contributed by atoms with Gasteiger partial charge in [0, 0.05) is 11.1 Å². The molecule has 0 spiro atoms. The maximum absolute atomic E-state index is 12.3. The van der Waals surface area contributed by atoms with Crippen molar-refractivity contribution < 1.29 is 8.42 Å². The number of hydrogen-bond donors (Lipinski definition) is 0. The second-order valence-corrected chi connectivity index (χ2v) is 7.32. The molecule has 4 rings (SSSR count). The summed E-state index contributed by atoms with van der Waals surface area (Å²) in [5.74, 6) is -0.168. The van der Waals surface area contributed by atoms with Gasteiger partial charge in [0.15, 0.2) is 9.84 Å². The summed E-state index contributed by atoms with van der Waals surface area (Å²) < 4.78 is 26.1. The third kappa shape index (κ3) is 1.88. The fraction of sp³-hybridized carbons (Fsp3) is 0.125. The van der Waals surface area contributed by atoms with Gasteiger partial charge in [-0.2, -0.15) is 0 Å². The molecule has 1 aromatic heterocycles. The standard InChI is InChI=1S/C16H13N3O2S/c1-11-6-8-12(9-7-11)15-16-13-4-2-3-5-14(13)22(20,21)10-19(16)18-17-15/h2-9H,10H2,1H3. The van der Waals surface area contributed by atoms with Crippen LogP contribution in [0.3, 0.4) is 0 Å². The minimum absolute atomic E-state index is 0.168. The maximum atomic E-state index is 12.3. The van der Waals surface area contributed by atoms with Crippen LogP contribution in [0, 0.1) is 6.92 Å². The van der Waals surface area contributed by atoms with E-state index in [4.69, 9.17) is 0 Å². The molecule has 2 aromatic carbocycles. The summed E-state index contributed by atoms with van der Waals surface area (Å²) in [6.45, 7) is 2.02. The van der Waals surface area contributed by atoms with Crippen LogP contribution in [-0.4, -0.2) is 23.4 Å². The summed E-state index contributed by atoms with van der Waals surface area (Å²) >= 11 is 0. The van der Waals surface area contributed by atoms with Crippen molar-refractivity contribution in [2.24, 2.45) is 0 Å². The Morgan fingerprint density at radius 2 is 1.77 bits per heavy atom. The lowest BCUT2D eigenvalue weighted by atomic mass is 10.0. The van der Waals surface area contributed by atoms with Crippen LogP contribution in [0.5, 0.6) is 0 Å². The maximum Gasteiger partial charge on any atom is 0.199 e. The third-order valence-corrected chi connectivity index (χ3v) is 5.44. The molecule has 0 bridgehead atoms. The van der Waals surface area contributed by atoms with Crippen LogP contribution in [0.25, 0.3) is 22.5 Å². The van der Waals surface area contributed by atoms with Gasteiger partial charge in [0.05, 0.1) is 10.6 Å². The van der Waals surface area contributed by atoms with Crippen LogP contribution >= 0.6 is 0 Å². The molecule has 0 N–H and O–H groups in total. The summed E-state index contributed by atoms with van der Waals surface area (Å²) in [7, 11) is -3.37. The Morgan fingerprint density at radius 1 is 1.05 bits per heavy atom. The number of fused-ring (bicyclic) bond motifs is 3. The molecule has 3 aromatic rings. The van der Waals surface area contributed by atoms with Crippen LogP contribution in [0.4, 0.5) is 0 Å². The molecule has 0 fully saturated rings. The second kappa shape index (κ2) is 4.51. The molecule has 5 nitrogen and oxygen atoms in total. The summed E-state index contributed by atoms with van der Waals surface area (Å²) in [5, 5.41) is 8.25. The molecule has 0 radical (unpaired) electrons. The lowest BCUT2D eigenvalue weighted by Crippen LogP contribution is -2.19. The van der Waals surface area contributed by atoms with Crippen molar-refractivity contribution in [1.29, 1.82) is 0 Å². The molecular formula is C16H13N3O2S. The SMILES string of the molecule is Cc1ccc(-c2nnn3c2-c2ccccc2S(=O)(=O)C3)cc1. The monoisotopic (exact) mass is 311 g/mol. The first-order chi connectivity index (χ1) is 10.6. The van der Waals surface area contributed by atoms with Gasteiger partial charge in [0.25, 0.3) is 0 Å². The van der Waals surface area contributed by atoms with E-state index in [9.17, 15) is 8.42 Å². The highest BCUT2D eigenvalue weighted by molar-refractivity contribution is 7.90. The normalized spacial score (nSPS) is 15.1. The van der Waals surface area contributed by atoms with Crippen molar-refractivity contribution in [3.63, 3.8) is 0 Å². The Kier molecular flexibility index (Phi) is 2.71. The first-order valence-electron chi connectivity index (χ1n) is 6.89. The molecule has 1 aliphatic rings. The summed E-state index contributed by atoms with van der Waals surface area (Å²) in [6.07, 6.45) is 0. The van der Waals surface area contributed by atoms with Crippen molar-refractivity contribution in [2.75, 3.05) is 0 Å². The van der Waals surface area contributed by atoms with Gasteiger partial charge in [-0.1, -0.05) is 53.2 Å². The zero-order valence-electron chi connectivity index (χ0n) is 11.9. The van der Waals surface area contributed by atoms with E-state index in [0.717, 1.165) is 16.8 Å². The highest BCUT2D eigenvalue weighted by atomic mass is 32.2. The molecule has 0 saturated heterocycles. The summed E-state index contributed by atoms with van der Waals surface area (Å²) in [6, 6.07) is 15.0. The smallest absolute Gasteiger partial charge is 0.199 e. The van der Waals surface area contributed by atoms with Gasteiger partial charge < -0.3 is 0 Å². The van der Waals surface area contributed by atoms with E-state index in [1.807, 2.05) is 37.3 Å². The van der Waals surface area contributed by atoms with Crippen molar-refractivity contribution in [2.45, 2.75) is 17.7 Å². The zero-order chi connectivity index (χ0) is 15.3. The Hall–Kier alpha value is -2.47. The van der Waals surface area contributed by atoms with E-state index in [0.29, 0.717) is 16.2 Å². The first kappa shape index (κ1) is 13.2. The molecule has 6 heteroatoms. The van der Waals surface area contributed by atoms with Gasteiger partial charge in [0.1, 0.15) is 11.6 Å². The number of hydrogen-bond acceptors (Lipinski definition) is 4. The fourth-order valence-corrected chi connectivity index (χ4v) is 4.17. The van der Waals surface area contributed by atoms with Crippen LogP contribution in [0.2, 0.25) is 0 Å². The van der Waals surface area contributed by atoms with Gasteiger partial charge in [0.2, 0.25) is 0 Å². The Balaban J connectivity index is 2.00. The summed E-state index contributed by atoms with van der Waals surface area (Å²) in [5.41, 5.74) is 4.22. The predicted molar refractivity (Wildman–Crippen MR) is 82.8 cm³/mol. The fourth-order valence-electron chi connectivity index (χ4n) is 2.74. The number of benzene rings is 2. The quantitative estimate of drug-likeness (QED) is 0.693. The average molecular weight is 311 g/mol. The van der Waals surface area contributed by atoms with Crippen LogP contribution in [-0.2, 0) is 15.7 Å². The van der Waals surface area contributed by atoms with E-state index in [1.54, 1.807) is 18.2 Å². The van der Waals surface area contributed by atoms with E-state index >= 15 is 0 Å². The van der Waals surface area contributed by atoms with Gasteiger partial charge in [-0.3, -0.25) is 0 Å². The number of rotatable bonds is 1. The highest BCUT2D eigenvalue weighted by Gasteiger charge is 2.31. The van der Waals surface area contributed by atoms with E-state index < -0.39 is 9.84 Å². The van der Waals surface area contributed by atoms with Gasteiger partial charge >= 0.3 is 0 Å². The predicted octanol–water partition coefficient (Wildman–Crippen LogP) is 2.67. The minimum Gasteiger partial charge on any atom is -0.228 e.